The minimum Gasteiger partial charge on any atom is -0.376 e. The van der Waals surface area contributed by atoms with E-state index in [2.05, 4.69) is 41.9 Å². The molecule has 1 aromatic heterocycles. The van der Waals surface area contributed by atoms with Crippen LogP contribution >= 0.6 is 27.3 Å². The van der Waals surface area contributed by atoms with Crippen molar-refractivity contribution in [3.8, 4) is 0 Å². The highest BCUT2D eigenvalue weighted by Gasteiger charge is 2.27. The number of hydrogen-bond acceptors (Lipinski definition) is 4. The van der Waals surface area contributed by atoms with Crippen molar-refractivity contribution < 1.29 is 9.53 Å². The monoisotopic (exact) mass is 444 g/mol. The number of benzene rings is 2. The lowest BCUT2D eigenvalue weighted by Gasteiger charge is -2.23. The summed E-state index contributed by atoms with van der Waals surface area (Å²) in [7, 11) is 0. The first-order valence-electron chi connectivity index (χ1n) is 9.08. The van der Waals surface area contributed by atoms with Crippen LogP contribution in [0, 0.1) is 13.8 Å². The molecule has 4 rings (SSSR count). The predicted molar refractivity (Wildman–Crippen MR) is 114 cm³/mol. The zero-order valence-corrected chi connectivity index (χ0v) is 17.8. The maximum atomic E-state index is 13.3. The van der Waals surface area contributed by atoms with E-state index in [0.29, 0.717) is 12.1 Å². The zero-order valence-electron chi connectivity index (χ0n) is 15.4. The molecule has 27 heavy (non-hydrogen) atoms. The molecule has 0 saturated carbocycles. The van der Waals surface area contributed by atoms with E-state index in [0.717, 1.165) is 39.3 Å². The number of aromatic nitrogens is 1. The van der Waals surface area contributed by atoms with E-state index in [1.54, 1.807) is 16.2 Å². The smallest absolute Gasteiger partial charge is 0.260 e. The number of hydrogen-bond donors (Lipinski definition) is 0. The number of thiazole rings is 1. The molecule has 1 amide bonds. The Labute approximate surface area is 171 Å². The highest BCUT2D eigenvalue weighted by atomic mass is 79.9. The summed E-state index contributed by atoms with van der Waals surface area (Å²) >= 11 is 5.04. The molecule has 140 valence electrons. The van der Waals surface area contributed by atoms with Crippen LogP contribution in [0.2, 0.25) is 0 Å². The van der Waals surface area contributed by atoms with Crippen LogP contribution < -0.4 is 4.90 Å². The van der Waals surface area contributed by atoms with Crippen molar-refractivity contribution in [3.63, 3.8) is 0 Å². The minimum atomic E-state index is -0.0415. The van der Waals surface area contributed by atoms with E-state index < -0.39 is 0 Å². The van der Waals surface area contributed by atoms with E-state index in [-0.39, 0.29) is 12.0 Å². The zero-order chi connectivity index (χ0) is 19.0. The number of halogens is 1. The molecule has 4 nitrogen and oxygen atoms in total. The molecule has 2 heterocycles. The van der Waals surface area contributed by atoms with E-state index in [9.17, 15) is 4.79 Å². The Bertz CT molecular complexity index is 995. The minimum absolute atomic E-state index is 0.0415. The van der Waals surface area contributed by atoms with Crippen LogP contribution in [-0.2, 0) is 4.74 Å². The molecule has 0 spiro atoms. The molecule has 1 aliphatic heterocycles. The van der Waals surface area contributed by atoms with Gasteiger partial charge in [0.05, 0.1) is 22.9 Å². The Balaban J connectivity index is 1.75. The predicted octanol–water partition coefficient (Wildman–Crippen LogP) is 5.50. The van der Waals surface area contributed by atoms with Gasteiger partial charge in [-0.15, -0.1) is 0 Å². The van der Waals surface area contributed by atoms with Crippen molar-refractivity contribution in [3.05, 3.63) is 57.6 Å². The van der Waals surface area contributed by atoms with Gasteiger partial charge < -0.3 is 4.74 Å². The van der Waals surface area contributed by atoms with Gasteiger partial charge >= 0.3 is 0 Å². The summed E-state index contributed by atoms with van der Waals surface area (Å²) in [5, 5.41) is 0.735. The summed E-state index contributed by atoms with van der Waals surface area (Å²) < 4.78 is 7.83. The van der Waals surface area contributed by atoms with Crippen LogP contribution in [0.5, 0.6) is 0 Å². The molecular weight excluding hydrogens is 424 g/mol. The quantitative estimate of drug-likeness (QED) is 0.533. The van der Waals surface area contributed by atoms with E-state index in [1.807, 2.05) is 24.3 Å². The summed E-state index contributed by atoms with van der Waals surface area (Å²) in [5.41, 5.74) is 3.97. The lowest BCUT2D eigenvalue weighted by molar-refractivity contribution is 0.0917. The average molecular weight is 445 g/mol. The number of rotatable bonds is 4. The fourth-order valence-corrected chi connectivity index (χ4v) is 4.92. The summed E-state index contributed by atoms with van der Waals surface area (Å²) in [4.78, 5) is 19.9. The third-order valence-electron chi connectivity index (χ3n) is 4.77. The molecule has 0 radical (unpaired) electrons. The van der Waals surface area contributed by atoms with Gasteiger partial charge in [0.2, 0.25) is 0 Å². The van der Waals surface area contributed by atoms with Gasteiger partial charge in [0, 0.05) is 16.6 Å². The molecule has 3 aromatic rings. The average Bonchev–Trinajstić information content (AvgIpc) is 3.28. The van der Waals surface area contributed by atoms with Crippen LogP contribution in [-0.4, -0.2) is 30.1 Å². The number of aryl methyl sites for hydroxylation is 2. The van der Waals surface area contributed by atoms with Crippen LogP contribution in [0.15, 0.2) is 40.9 Å². The molecule has 1 unspecified atom stereocenters. The van der Waals surface area contributed by atoms with E-state index >= 15 is 0 Å². The third kappa shape index (κ3) is 3.93. The molecule has 1 atom stereocenters. The molecule has 2 aromatic carbocycles. The molecule has 1 aliphatic rings. The normalized spacial score (nSPS) is 16.8. The largest absolute Gasteiger partial charge is 0.376 e. The van der Waals surface area contributed by atoms with E-state index in [1.165, 1.54) is 11.1 Å². The Kier molecular flexibility index (Phi) is 5.30. The maximum absolute atomic E-state index is 13.3. The first kappa shape index (κ1) is 18.6. The van der Waals surface area contributed by atoms with Gasteiger partial charge in [-0.2, -0.15) is 0 Å². The van der Waals surface area contributed by atoms with E-state index in [4.69, 9.17) is 9.72 Å². The summed E-state index contributed by atoms with van der Waals surface area (Å²) in [6, 6.07) is 11.7. The number of ether oxygens (including phenoxy) is 1. The van der Waals surface area contributed by atoms with Crippen LogP contribution in [0.3, 0.4) is 0 Å². The second kappa shape index (κ2) is 7.70. The number of fused-ring (bicyclic) bond motifs is 1. The topological polar surface area (TPSA) is 42.4 Å². The molecule has 6 heteroatoms. The molecule has 0 bridgehead atoms. The fraction of sp³-hybridized carbons (Fsp3) is 0.333. The van der Waals surface area contributed by atoms with Crippen molar-refractivity contribution in [1.82, 2.24) is 4.98 Å². The van der Waals surface area contributed by atoms with Gasteiger partial charge in [0.15, 0.2) is 5.13 Å². The first-order valence-corrected chi connectivity index (χ1v) is 10.7. The Hall–Kier alpha value is -1.76. The molecule has 1 fully saturated rings. The second-order valence-electron chi connectivity index (χ2n) is 6.99. The lowest BCUT2D eigenvalue weighted by atomic mass is 10.1. The van der Waals surface area contributed by atoms with Crippen molar-refractivity contribution in [2.24, 2.45) is 0 Å². The lowest BCUT2D eigenvalue weighted by Crippen LogP contribution is -2.37. The van der Waals surface area contributed by atoms with Gasteiger partial charge in [0.1, 0.15) is 0 Å². The Morgan fingerprint density at radius 2 is 2.19 bits per heavy atom. The van der Waals surface area contributed by atoms with Crippen LogP contribution in [0.25, 0.3) is 10.2 Å². The van der Waals surface area contributed by atoms with Gasteiger partial charge in [-0.1, -0.05) is 39.4 Å². The first-order chi connectivity index (χ1) is 13.0. The SMILES string of the molecule is Cc1cc(C)c2sc(N(CC3CCCO3)C(=O)c3cccc(Br)c3)nc2c1. The van der Waals surface area contributed by atoms with Crippen LogP contribution in [0.4, 0.5) is 5.13 Å². The molecule has 1 saturated heterocycles. The summed E-state index contributed by atoms with van der Waals surface area (Å²) in [6.45, 7) is 5.46. The summed E-state index contributed by atoms with van der Waals surface area (Å²) in [5.74, 6) is -0.0415. The second-order valence-corrected chi connectivity index (χ2v) is 8.88. The number of carbonyl (C=O) groups excluding carboxylic acids is 1. The fourth-order valence-electron chi connectivity index (χ4n) is 3.50. The van der Waals surface area contributed by atoms with Gasteiger partial charge in [-0.3, -0.25) is 9.69 Å². The van der Waals surface area contributed by atoms with Gasteiger partial charge in [0.25, 0.3) is 5.91 Å². The number of nitrogens with zero attached hydrogens (tertiary/aromatic N) is 2. The highest BCUT2D eigenvalue weighted by Crippen LogP contribution is 2.33. The molecular formula is C21H21BrN2O2S. The Morgan fingerprint density at radius 1 is 1.33 bits per heavy atom. The van der Waals surface area contributed by atoms with Crippen molar-refractivity contribution in [1.29, 1.82) is 0 Å². The van der Waals surface area contributed by atoms with Crippen molar-refractivity contribution in [2.75, 3.05) is 18.1 Å². The van der Waals surface area contributed by atoms with Gasteiger partial charge in [-0.25, -0.2) is 4.98 Å². The maximum Gasteiger partial charge on any atom is 0.260 e. The standard InChI is InChI=1S/C21H21BrN2O2S/c1-13-9-14(2)19-18(10-13)23-21(27-19)24(12-17-7-4-8-26-17)20(25)15-5-3-6-16(22)11-15/h3,5-6,9-11,17H,4,7-8,12H2,1-2H3. The Morgan fingerprint density at radius 3 is 2.93 bits per heavy atom. The number of carbonyl (C=O) groups is 1. The summed E-state index contributed by atoms with van der Waals surface area (Å²) in [6.07, 6.45) is 2.09. The third-order valence-corrected chi connectivity index (χ3v) is 6.49. The number of anilines is 1. The highest BCUT2D eigenvalue weighted by molar-refractivity contribution is 9.10. The van der Waals surface area contributed by atoms with Crippen molar-refractivity contribution in [2.45, 2.75) is 32.8 Å². The number of amides is 1. The van der Waals surface area contributed by atoms with Crippen LogP contribution in [0.1, 0.15) is 34.3 Å². The molecule has 0 aliphatic carbocycles. The van der Waals surface area contributed by atoms with Crippen molar-refractivity contribution >= 4 is 48.5 Å². The molecule has 0 N–H and O–H groups in total. The van der Waals surface area contributed by atoms with Gasteiger partial charge in [-0.05, 0) is 62.1 Å².